The number of nitrogens with one attached hydrogen (secondary N) is 1. The van der Waals surface area contributed by atoms with Crippen LogP contribution in [-0.2, 0) is 17.4 Å². The van der Waals surface area contributed by atoms with E-state index in [4.69, 9.17) is 0 Å². The number of benzene rings is 2. The van der Waals surface area contributed by atoms with Crippen LogP contribution in [0.4, 0.5) is 18.9 Å². The maximum absolute atomic E-state index is 13.5. The molecule has 0 radical (unpaired) electrons. The number of H-pyrrole nitrogens is 1. The fraction of sp³-hybridized carbons (Fsp3) is 0.391. The number of aromatic nitrogens is 2. The van der Waals surface area contributed by atoms with E-state index < -0.39 is 23.5 Å². The first-order chi connectivity index (χ1) is 15.1. The highest BCUT2D eigenvalue weighted by Crippen LogP contribution is 2.36. The maximum atomic E-state index is 13.5. The normalized spacial score (nSPS) is 15.3. The van der Waals surface area contributed by atoms with Gasteiger partial charge in [-0.05, 0) is 42.7 Å². The Kier molecular flexibility index (Phi) is 5.75. The van der Waals surface area contributed by atoms with Gasteiger partial charge in [0.05, 0.1) is 23.0 Å². The molecule has 1 N–H and O–H groups in total. The zero-order valence-corrected chi connectivity index (χ0v) is 17.9. The number of alkyl halides is 3. The van der Waals surface area contributed by atoms with E-state index in [2.05, 4.69) is 4.98 Å². The van der Waals surface area contributed by atoms with Crippen LogP contribution in [0.2, 0.25) is 0 Å². The van der Waals surface area contributed by atoms with Crippen molar-refractivity contribution in [3.63, 3.8) is 0 Å². The number of amides is 1. The first-order valence-corrected chi connectivity index (χ1v) is 10.5. The summed E-state index contributed by atoms with van der Waals surface area (Å²) in [5.74, 6) is -0.0263. The van der Waals surface area contributed by atoms with Crippen molar-refractivity contribution in [1.29, 1.82) is 0 Å². The van der Waals surface area contributed by atoms with Gasteiger partial charge in [0.15, 0.2) is 0 Å². The molecule has 3 aromatic rings. The number of fused-ring (bicyclic) bond motifs is 1. The highest BCUT2D eigenvalue weighted by molar-refractivity contribution is 5.80. The van der Waals surface area contributed by atoms with Crippen molar-refractivity contribution >= 4 is 22.6 Å². The molecule has 0 bridgehead atoms. The number of aromatic amines is 1. The molecule has 9 heteroatoms. The molecule has 0 spiro atoms. The van der Waals surface area contributed by atoms with Crippen molar-refractivity contribution in [2.75, 3.05) is 32.1 Å². The minimum atomic E-state index is -4.56. The third-order valence-electron chi connectivity index (χ3n) is 6.01. The molecule has 2 aromatic carbocycles. The highest BCUT2D eigenvalue weighted by Gasteiger charge is 2.36. The van der Waals surface area contributed by atoms with E-state index in [-0.39, 0.29) is 23.4 Å². The number of piperidine rings is 1. The summed E-state index contributed by atoms with van der Waals surface area (Å²) >= 11 is 0. The van der Waals surface area contributed by atoms with Crippen molar-refractivity contribution < 1.29 is 18.0 Å². The number of carbonyl (C=O) groups excluding carboxylic acids is 1. The Morgan fingerprint density at radius 1 is 1.12 bits per heavy atom. The zero-order chi connectivity index (χ0) is 23.0. The van der Waals surface area contributed by atoms with Gasteiger partial charge < -0.3 is 14.8 Å². The van der Waals surface area contributed by atoms with Gasteiger partial charge in [-0.25, -0.2) is 4.79 Å². The number of rotatable bonds is 4. The van der Waals surface area contributed by atoms with Gasteiger partial charge in [0.25, 0.3) is 0 Å². The van der Waals surface area contributed by atoms with Gasteiger partial charge in [-0.1, -0.05) is 18.2 Å². The number of imidazole rings is 1. The van der Waals surface area contributed by atoms with Crippen LogP contribution < -0.4 is 10.6 Å². The number of para-hydroxylation sites is 1. The van der Waals surface area contributed by atoms with E-state index >= 15 is 0 Å². The van der Waals surface area contributed by atoms with Crippen LogP contribution in [0, 0.1) is 0 Å². The predicted octanol–water partition coefficient (Wildman–Crippen LogP) is 3.82. The average molecular weight is 446 g/mol. The fourth-order valence-electron chi connectivity index (χ4n) is 4.36. The quantitative estimate of drug-likeness (QED) is 0.663. The molecular formula is C23H25F3N4O2. The van der Waals surface area contributed by atoms with E-state index in [1.165, 1.54) is 16.7 Å². The molecule has 1 fully saturated rings. The second-order valence-electron chi connectivity index (χ2n) is 8.35. The Hall–Kier alpha value is -3.23. The monoisotopic (exact) mass is 446 g/mol. The van der Waals surface area contributed by atoms with E-state index in [9.17, 15) is 22.8 Å². The molecule has 4 rings (SSSR count). The number of hydrogen-bond donors (Lipinski definition) is 1. The maximum Gasteiger partial charge on any atom is 0.418 e. The summed E-state index contributed by atoms with van der Waals surface area (Å²) in [6.45, 7) is 0.786. The highest BCUT2D eigenvalue weighted by atomic mass is 19.4. The molecule has 0 unspecified atom stereocenters. The lowest BCUT2D eigenvalue weighted by atomic mass is 10.0. The molecular weight excluding hydrogens is 421 g/mol. The van der Waals surface area contributed by atoms with Crippen LogP contribution in [0.15, 0.2) is 47.3 Å². The van der Waals surface area contributed by atoms with Crippen molar-refractivity contribution in [2.45, 2.75) is 31.5 Å². The summed E-state index contributed by atoms with van der Waals surface area (Å²) in [5, 5.41) is 0. The standard InChI is InChI=1S/C23H25F3N4O2/c1-28(2)17-6-3-5-15(13-17)14-20(31)29-11-9-16(10-12-29)30-21-18(23(24,25)26)7-4-8-19(21)27-22(30)32/h3-8,13,16H,9-12,14H2,1-2H3,(H,27,32). The van der Waals surface area contributed by atoms with Crippen LogP contribution >= 0.6 is 0 Å². The fourth-order valence-corrected chi connectivity index (χ4v) is 4.36. The number of anilines is 1. The molecule has 2 heterocycles. The molecule has 1 aliphatic rings. The summed E-state index contributed by atoms with van der Waals surface area (Å²) in [7, 11) is 3.87. The van der Waals surface area contributed by atoms with Crippen molar-refractivity contribution in [3.8, 4) is 0 Å². The number of nitrogens with zero attached hydrogens (tertiary/aromatic N) is 3. The van der Waals surface area contributed by atoms with Gasteiger partial charge in [-0.15, -0.1) is 0 Å². The SMILES string of the molecule is CN(C)c1cccc(CC(=O)N2CCC(n3c(=O)[nH]c4cccc(C(F)(F)F)c43)CC2)c1. The van der Waals surface area contributed by atoms with E-state index in [1.54, 1.807) is 4.90 Å². The van der Waals surface area contributed by atoms with Crippen LogP contribution in [0.5, 0.6) is 0 Å². The minimum Gasteiger partial charge on any atom is -0.378 e. The first kappa shape index (κ1) is 22.0. The lowest BCUT2D eigenvalue weighted by Crippen LogP contribution is -2.41. The number of likely N-dealkylation sites (tertiary alicyclic amines) is 1. The second-order valence-corrected chi connectivity index (χ2v) is 8.35. The van der Waals surface area contributed by atoms with Gasteiger partial charge in [0.2, 0.25) is 5.91 Å². The molecule has 1 aromatic heterocycles. The van der Waals surface area contributed by atoms with Crippen molar-refractivity contribution in [3.05, 3.63) is 64.1 Å². The van der Waals surface area contributed by atoms with Crippen LogP contribution in [0.1, 0.15) is 30.0 Å². The van der Waals surface area contributed by atoms with Gasteiger partial charge in [0.1, 0.15) is 0 Å². The van der Waals surface area contributed by atoms with Crippen LogP contribution in [0.3, 0.4) is 0 Å². The van der Waals surface area contributed by atoms with Gasteiger partial charge in [-0.3, -0.25) is 9.36 Å². The van der Waals surface area contributed by atoms with Gasteiger partial charge in [-0.2, -0.15) is 13.2 Å². The third kappa shape index (κ3) is 4.24. The Bertz CT molecular complexity index is 1190. The second kappa shape index (κ2) is 8.37. The largest absolute Gasteiger partial charge is 0.418 e. The number of hydrogen-bond acceptors (Lipinski definition) is 3. The van der Waals surface area contributed by atoms with Crippen LogP contribution in [-0.4, -0.2) is 47.5 Å². The molecule has 32 heavy (non-hydrogen) atoms. The first-order valence-electron chi connectivity index (χ1n) is 10.5. The Morgan fingerprint density at radius 2 is 1.81 bits per heavy atom. The summed E-state index contributed by atoms with van der Waals surface area (Å²) in [4.78, 5) is 31.5. The predicted molar refractivity (Wildman–Crippen MR) is 117 cm³/mol. The molecule has 0 saturated carbocycles. The van der Waals surface area contributed by atoms with Gasteiger partial charge >= 0.3 is 11.9 Å². The number of carbonyl (C=O) groups is 1. The van der Waals surface area contributed by atoms with E-state index in [0.29, 0.717) is 25.9 Å². The summed E-state index contributed by atoms with van der Waals surface area (Å²) < 4.78 is 41.8. The minimum absolute atomic E-state index is 0.0263. The van der Waals surface area contributed by atoms with Gasteiger partial charge in [0, 0.05) is 38.9 Å². The van der Waals surface area contributed by atoms with Crippen LogP contribution in [0.25, 0.3) is 11.0 Å². The molecule has 0 atom stereocenters. The Balaban J connectivity index is 1.50. The lowest BCUT2D eigenvalue weighted by molar-refractivity contribution is -0.136. The molecule has 6 nitrogen and oxygen atoms in total. The zero-order valence-electron chi connectivity index (χ0n) is 17.9. The van der Waals surface area contributed by atoms with E-state index in [0.717, 1.165) is 17.3 Å². The summed E-state index contributed by atoms with van der Waals surface area (Å²) in [5.41, 5.74) is 0.591. The molecule has 170 valence electrons. The lowest BCUT2D eigenvalue weighted by Gasteiger charge is -2.33. The third-order valence-corrected chi connectivity index (χ3v) is 6.01. The number of halogens is 3. The average Bonchev–Trinajstić information content (AvgIpc) is 3.09. The molecule has 1 saturated heterocycles. The molecule has 1 amide bonds. The van der Waals surface area contributed by atoms with Crippen molar-refractivity contribution in [1.82, 2.24) is 14.5 Å². The molecule has 0 aliphatic carbocycles. The van der Waals surface area contributed by atoms with E-state index in [1.807, 2.05) is 43.3 Å². The Labute approximate surface area is 183 Å². The Morgan fingerprint density at radius 3 is 2.47 bits per heavy atom. The summed E-state index contributed by atoms with van der Waals surface area (Å²) in [6, 6.07) is 11.1. The summed E-state index contributed by atoms with van der Waals surface area (Å²) in [6.07, 6.45) is -3.46. The topological polar surface area (TPSA) is 61.3 Å². The van der Waals surface area contributed by atoms with Crippen molar-refractivity contribution in [2.24, 2.45) is 0 Å². The molecule has 1 aliphatic heterocycles. The smallest absolute Gasteiger partial charge is 0.378 e.